The molecule has 2 amide bonds. The number of likely N-dealkylation sites (tertiary alicyclic amines) is 1. The predicted molar refractivity (Wildman–Crippen MR) is 125 cm³/mol. The molecule has 1 aliphatic carbocycles. The van der Waals surface area contributed by atoms with Gasteiger partial charge in [0.2, 0.25) is 11.8 Å². The lowest BCUT2D eigenvalue weighted by molar-refractivity contribution is -0.138. The van der Waals surface area contributed by atoms with Gasteiger partial charge in [-0.1, -0.05) is 73.5 Å². The van der Waals surface area contributed by atoms with Crippen LogP contribution < -0.4 is 5.32 Å². The molecular weight excluding hydrogens is 414 g/mol. The van der Waals surface area contributed by atoms with Crippen LogP contribution in [0.2, 0.25) is 0 Å². The molecule has 2 aliphatic rings. The molecule has 3 aromatic rings. The molecule has 0 bridgehead atoms. The molecule has 2 N–H and O–H groups in total. The maximum absolute atomic E-state index is 14.2. The van der Waals surface area contributed by atoms with Crippen molar-refractivity contribution in [3.8, 4) is 11.4 Å². The third-order valence-electron chi connectivity index (χ3n) is 7.01. The van der Waals surface area contributed by atoms with Crippen molar-refractivity contribution >= 4 is 11.8 Å². The Bertz CT molecular complexity index is 1120. The minimum absolute atomic E-state index is 0.0887. The molecule has 170 valence electrons. The Hall–Kier alpha value is -3.48. The van der Waals surface area contributed by atoms with E-state index in [9.17, 15) is 9.59 Å². The van der Waals surface area contributed by atoms with E-state index in [0.717, 1.165) is 36.8 Å². The Morgan fingerprint density at radius 1 is 1.03 bits per heavy atom. The quantitative estimate of drug-likeness (QED) is 0.628. The molecule has 0 unspecified atom stereocenters. The molecule has 0 radical (unpaired) electrons. The molecule has 7 nitrogen and oxygen atoms in total. The zero-order valence-electron chi connectivity index (χ0n) is 18.8. The van der Waals surface area contributed by atoms with Crippen LogP contribution in [0.15, 0.2) is 60.7 Å². The van der Waals surface area contributed by atoms with Crippen LogP contribution in [0.5, 0.6) is 0 Å². The van der Waals surface area contributed by atoms with Crippen LogP contribution in [0.3, 0.4) is 0 Å². The summed E-state index contributed by atoms with van der Waals surface area (Å²) in [4.78, 5) is 32.7. The molecule has 2 heterocycles. The van der Waals surface area contributed by atoms with E-state index < -0.39 is 5.41 Å². The summed E-state index contributed by atoms with van der Waals surface area (Å²) in [6.07, 6.45) is 4.37. The van der Waals surface area contributed by atoms with Crippen molar-refractivity contribution in [3.63, 3.8) is 0 Å². The second-order valence-electron chi connectivity index (χ2n) is 9.17. The maximum atomic E-state index is 14.2. The Kier molecular flexibility index (Phi) is 5.70. The highest BCUT2D eigenvalue weighted by molar-refractivity contribution is 5.89. The number of aromatic amines is 1. The van der Waals surface area contributed by atoms with Crippen LogP contribution in [0.4, 0.5) is 0 Å². The van der Waals surface area contributed by atoms with Crippen molar-refractivity contribution in [2.24, 2.45) is 0 Å². The summed E-state index contributed by atoms with van der Waals surface area (Å²) in [6.45, 7) is 1.99. The highest BCUT2D eigenvalue weighted by Crippen LogP contribution is 2.45. The van der Waals surface area contributed by atoms with Crippen LogP contribution in [-0.4, -0.2) is 44.5 Å². The fraction of sp³-hybridized carbons (Fsp3) is 0.385. The average Bonchev–Trinajstić information content (AvgIpc) is 3.59. The Morgan fingerprint density at radius 3 is 2.36 bits per heavy atom. The molecule has 0 spiro atoms. The van der Waals surface area contributed by atoms with Crippen LogP contribution in [0, 0.1) is 0 Å². The molecule has 2 fully saturated rings. The highest BCUT2D eigenvalue weighted by atomic mass is 16.2. The lowest BCUT2D eigenvalue weighted by Gasteiger charge is -2.35. The molecule has 1 saturated heterocycles. The third kappa shape index (κ3) is 4.03. The molecular formula is C26H29N5O2. The molecule has 2 aromatic carbocycles. The van der Waals surface area contributed by atoms with Gasteiger partial charge in [-0.3, -0.25) is 14.7 Å². The first-order valence-corrected chi connectivity index (χ1v) is 11.7. The summed E-state index contributed by atoms with van der Waals surface area (Å²) in [5.41, 5.74) is 1.48. The summed E-state index contributed by atoms with van der Waals surface area (Å²) in [5.74, 6) is 1.31. The standard InChI is InChI=1S/C26H29N5O2/c1-18(32)27-21-16-22(24-28-23(29-30-24)19-10-4-2-5-11-19)31(17-21)25(33)26(14-8-9-15-26)20-12-6-3-7-13-20/h2-7,10-13,21-22H,8-9,14-17H2,1H3,(H,27,32)(H,28,29,30)/t21-,22-/m0/s1. The number of hydrogen-bond acceptors (Lipinski definition) is 4. The molecule has 7 heteroatoms. The van der Waals surface area contributed by atoms with Crippen molar-refractivity contribution in [2.75, 3.05) is 6.54 Å². The van der Waals surface area contributed by atoms with Crippen molar-refractivity contribution in [1.82, 2.24) is 25.4 Å². The van der Waals surface area contributed by atoms with E-state index >= 15 is 0 Å². The number of benzene rings is 2. The summed E-state index contributed by atoms with van der Waals surface area (Å²) in [7, 11) is 0. The minimum atomic E-state index is -0.521. The van der Waals surface area contributed by atoms with E-state index in [1.165, 1.54) is 6.92 Å². The zero-order chi connectivity index (χ0) is 22.8. The molecule has 1 aromatic heterocycles. The van der Waals surface area contributed by atoms with E-state index in [1.54, 1.807) is 0 Å². The molecule has 2 atom stereocenters. The number of nitrogens with zero attached hydrogens (tertiary/aromatic N) is 3. The van der Waals surface area contributed by atoms with Gasteiger partial charge in [-0.25, -0.2) is 4.98 Å². The normalized spacial score (nSPS) is 21.8. The monoisotopic (exact) mass is 443 g/mol. The molecule has 1 saturated carbocycles. The van der Waals surface area contributed by atoms with Crippen molar-refractivity contribution < 1.29 is 9.59 Å². The van der Waals surface area contributed by atoms with E-state index in [4.69, 9.17) is 4.98 Å². The Balaban J connectivity index is 1.49. The van der Waals surface area contributed by atoms with E-state index in [2.05, 4.69) is 27.6 Å². The molecule has 33 heavy (non-hydrogen) atoms. The van der Waals surface area contributed by atoms with Gasteiger partial charge in [0.1, 0.15) is 5.82 Å². The van der Waals surface area contributed by atoms with Crippen LogP contribution in [-0.2, 0) is 15.0 Å². The first-order valence-electron chi connectivity index (χ1n) is 11.7. The topological polar surface area (TPSA) is 91.0 Å². The molecule has 1 aliphatic heterocycles. The number of carbonyl (C=O) groups is 2. The Labute approximate surface area is 193 Å². The van der Waals surface area contributed by atoms with Gasteiger partial charge in [0, 0.05) is 25.1 Å². The van der Waals surface area contributed by atoms with Gasteiger partial charge in [-0.15, -0.1) is 0 Å². The largest absolute Gasteiger partial charge is 0.352 e. The number of amides is 2. The second-order valence-corrected chi connectivity index (χ2v) is 9.17. The number of hydrogen-bond donors (Lipinski definition) is 2. The van der Waals surface area contributed by atoms with Gasteiger partial charge in [0.25, 0.3) is 0 Å². The van der Waals surface area contributed by atoms with Gasteiger partial charge in [0.15, 0.2) is 5.82 Å². The van der Waals surface area contributed by atoms with Gasteiger partial charge >= 0.3 is 0 Å². The first kappa shape index (κ1) is 21.4. The van der Waals surface area contributed by atoms with Crippen molar-refractivity contribution in [2.45, 2.75) is 56.5 Å². The average molecular weight is 444 g/mol. The van der Waals surface area contributed by atoms with E-state index in [1.807, 2.05) is 53.4 Å². The van der Waals surface area contributed by atoms with Gasteiger partial charge in [-0.05, 0) is 24.8 Å². The van der Waals surface area contributed by atoms with Gasteiger partial charge in [-0.2, -0.15) is 5.10 Å². The van der Waals surface area contributed by atoms with E-state index in [0.29, 0.717) is 24.6 Å². The first-order chi connectivity index (χ1) is 16.1. The number of carbonyl (C=O) groups excluding carboxylic acids is 2. The third-order valence-corrected chi connectivity index (χ3v) is 7.01. The summed E-state index contributed by atoms with van der Waals surface area (Å²) >= 11 is 0. The predicted octanol–water partition coefficient (Wildman–Crippen LogP) is 3.76. The van der Waals surface area contributed by atoms with Gasteiger partial charge in [0.05, 0.1) is 11.5 Å². The van der Waals surface area contributed by atoms with E-state index in [-0.39, 0.29) is 23.9 Å². The fourth-order valence-corrected chi connectivity index (χ4v) is 5.49. The zero-order valence-corrected chi connectivity index (χ0v) is 18.8. The van der Waals surface area contributed by atoms with Crippen molar-refractivity contribution in [3.05, 3.63) is 72.1 Å². The number of nitrogens with one attached hydrogen (secondary N) is 2. The summed E-state index contributed by atoms with van der Waals surface area (Å²) in [6, 6.07) is 19.6. The number of H-pyrrole nitrogens is 1. The summed E-state index contributed by atoms with van der Waals surface area (Å²) < 4.78 is 0. The minimum Gasteiger partial charge on any atom is -0.352 e. The SMILES string of the molecule is CC(=O)N[C@H]1C[C@@H](c2nc(-c3ccccc3)n[nH]2)N(C(=O)C2(c3ccccc3)CCCC2)C1. The van der Waals surface area contributed by atoms with Crippen LogP contribution >= 0.6 is 0 Å². The number of rotatable bonds is 5. The lowest BCUT2D eigenvalue weighted by Crippen LogP contribution is -2.46. The molecule has 5 rings (SSSR count). The number of aromatic nitrogens is 3. The fourth-order valence-electron chi connectivity index (χ4n) is 5.49. The lowest BCUT2D eigenvalue weighted by atomic mass is 9.77. The Morgan fingerprint density at radius 2 is 1.70 bits per heavy atom. The van der Waals surface area contributed by atoms with Crippen LogP contribution in [0.1, 0.15) is 56.5 Å². The summed E-state index contributed by atoms with van der Waals surface area (Å²) in [5, 5.41) is 10.5. The second kappa shape index (κ2) is 8.81. The van der Waals surface area contributed by atoms with Crippen LogP contribution in [0.25, 0.3) is 11.4 Å². The highest BCUT2D eigenvalue weighted by Gasteiger charge is 2.49. The smallest absolute Gasteiger partial charge is 0.233 e. The van der Waals surface area contributed by atoms with Gasteiger partial charge < -0.3 is 10.2 Å². The van der Waals surface area contributed by atoms with Crippen molar-refractivity contribution in [1.29, 1.82) is 0 Å². The maximum Gasteiger partial charge on any atom is 0.233 e.